The second-order valence-corrected chi connectivity index (χ2v) is 7.07. The van der Waals surface area contributed by atoms with Crippen molar-refractivity contribution in [2.45, 2.75) is 18.9 Å². The Hall–Kier alpha value is -3.60. The molecule has 150 valence electrons. The van der Waals surface area contributed by atoms with Crippen LogP contribution in [0.5, 0.6) is 0 Å². The lowest BCUT2D eigenvalue weighted by atomic mass is 10.0. The van der Waals surface area contributed by atoms with Crippen LogP contribution in [-0.4, -0.2) is 9.55 Å². The first-order valence-corrected chi connectivity index (χ1v) is 9.66. The average Bonchev–Trinajstić information content (AvgIpc) is 2.80. The first-order chi connectivity index (χ1) is 14.5. The zero-order valence-corrected chi connectivity index (χ0v) is 16.4. The largest absolute Gasteiger partial charge is 0.349 e. The van der Waals surface area contributed by atoms with Crippen molar-refractivity contribution in [2.24, 2.45) is 0 Å². The highest BCUT2D eigenvalue weighted by Gasteiger charge is 2.37. The molecule has 0 fully saturated rings. The van der Waals surface area contributed by atoms with Gasteiger partial charge in [0.1, 0.15) is 5.69 Å². The molecule has 0 aliphatic rings. The molecule has 0 amide bonds. The highest BCUT2D eigenvalue weighted by atomic mass is 19.3. The summed E-state index contributed by atoms with van der Waals surface area (Å²) in [4.78, 5) is 16.9. The number of benzene rings is 3. The normalized spacial score (nSPS) is 12.5. The van der Waals surface area contributed by atoms with Crippen LogP contribution in [0.15, 0.2) is 102 Å². The van der Waals surface area contributed by atoms with Crippen LogP contribution in [0.3, 0.4) is 0 Å². The Morgan fingerprint density at radius 3 is 1.97 bits per heavy atom. The Balaban J connectivity index is 1.93. The lowest BCUT2D eigenvalue weighted by Crippen LogP contribution is -2.32. The summed E-state index contributed by atoms with van der Waals surface area (Å²) >= 11 is 0. The zero-order valence-electron chi connectivity index (χ0n) is 16.4. The van der Waals surface area contributed by atoms with Gasteiger partial charge in [0, 0.05) is 5.56 Å². The molecule has 1 heterocycles. The smallest absolute Gasteiger partial charge is 0.285 e. The predicted molar refractivity (Wildman–Crippen MR) is 114 cm³/mol. The summed E-state index contributed by atoms with van der Waals surface area (Å²) in [5.41, 5.74) is 0.487. The van der Waals surface area contributed by atoms with Crippen molar-refractivity contribution < 1.29 is 8.78 Å². The van der Waals surface area contributed by atoms with Crippen molar-refractivity contribution in [1.82, 2.24) is 9.55 Å². The summed E-state index contributed by atoms with van der Waals surface area (Å²) in [6.45, 7) is 1.86. The van der Waals surface area contributed by atoms with E-state index in [9.17, 15) is 4.79 Å². The minimum Gasteiger partial charge on any atom is -0.285 e. The van der Waals surface area contributed by atoms with Crippen LogP contribution in [0.25, 0.3) is 11.3 Å². The van der Waals surface area contributed by atoms with E-state index in [4.69, 9.17) is 0 Å². The molecule has 0 saturated carbocycles. The third-order valence-corrected chi connectivity index (χ3v) is 5.15. The van der Waals surface area contributed by atoms with Crippen molar-refractivity contribution in [3.63, 3.8) is 0 Å². The maximum absolute atomic E-state index is 15.2. The molecule has 4 aromatic rings. The number of hydrogen-bond acceptors (Lipinski definition) is 2. The van der Waals surface area contributed by atoms with Gasteiger partial charge in [-0.15, -0.1) is 0 Å². The average molecular weight is 402 g/mol. The molecular weight excluding hydrogens is 382 g/mol. The second-order valence-electron chi connectivity index (χ2n) is 7.07. The van der Waals surface area contributed by atoms with E-state index in [1.165, 1.54) is 22.8 Å². The molecule has 0 aliphatic carbocycles. The highest BCUT2D eigenvalue weighted by Crippen LogP contribution is 2.36. The van der Waals surface area contributed by atoms with E-state index in [-0.39, 0.29) is 11.6 Å². The van der Waals surface area contributed by atoms with Gasteiger partial charge in [0.2, 0.25) is 0 Å². The molecule has 4 rings (SSSR count). The van der Waals surface area contributed by atoms with Gasteiger partial charge in [0.25, 0.3) is 0 Å². The molecule has 0 unspecified atom stereocenters. The molecule has 0 saturated heterocycles. The first-order valence-electron chi connectivity index (χ1n) is 9.66. The number of hydrogen-bond donors (Lipinski definition) is 0. The second kappa shape index (κ2) is 8.03. The highest BCUT2D eigenvalue weighted by molar-refractivity contribution is 5.60. The third-order valence-electron chi connectivity index (χ3n) is 5.15. The van der Waals surface area contributed by atoms with Crippen molar-refractivity contribution in [2.75, 3.05) is 0 Å². The summed E-state index contributed by atoms with van der Waals surface area (Å²) in [5.74, 6) is -3.39. The summed E-state index contributed by atoms with van der Waals surface area (Å²) in [6, 6.07) is 26.9. The fourth-order valence-electron chi connectivity index (χ4n) is 3.53. The molecule has 0 spiro atoms. The van der Waals surface area contributed by atoms with Crippen molar-refractivity contribution >= 4 is 0 Å². The molecule has 3 aromatic carbocycles. The van der Waals surface area contributed by atoms with Crippen molar-refractivity contribution in [3.8, 4) is 11.3 Å². The van der Waals surface area contributed by atoms with E-state index >= 15 is 8.78 Å². The molecule has 0 bridgehead atoms. The molecule has 5 heteroatoms. The molecular formula is C25H20F2N2O. The summed E-state index contributed by atoms with van der Waals surface area (Å²) in [7, 11) is 0. The Kier molecular flexibility index (Phi) is 5.27. The Morgan fingerprint density at radius 1 is 0.833 bits per heavy atom. The number of nitrogens with zero attached hydrogens (tertiary/aromatic N) is 2. The van der Waals surface area contributed by atoms with Gasteiger partial charge in [-0.3, -0.25) is 4.57 Å². The standard InChI is InChI=1S/C25H20F2N2O/c1-18(19-11-5-2-6-12-19)29-22(20-13-7-3-8-14-20)17-23(28-24(29)30)25(26,27)21-15-9-4-10-16-21/h2-18H,1H3/t18-/m0/s1. The molecule has 0 radical (unpaired) electrons. The lowest BCUT2D eigenvalue weighted by molar-refractivity contribution is 0.0374. The Morgan fingerprint density at radius 2 is 1.37 bits per heavy atom. The number of alkyl halides is 2. The fourth-order valence-corrected chi connectivity index (χ4v) is 3.53. The van der Waals surface area contributed by atoms with Crippen LogP contribution < -0.4 is 5.69 Å². The van der Waals surface area contributed by atoms with E-state index in [1.54, 1.807) is 30.3 Å². The minimum absolute atomic E-state index is 0.204. The maximum atomic E-state index is 15.2. The van der Waals surface area contributed by atoms with Gasteiger partial charge in [-0.1, -0.05) is 91.0 Å². The quantitative estimate of drug-likeness (QED) is 0.432. The van der Waals surface area contributed by atoms with Crippen LogP contribution >= 0.6 is 0 Å². The number of aromatic nitrogens is 2. The van der Waals surface area contributed by atoms with Gasteiger partial charge in [0.15, 0.2) is 0 Å². The van der Waals surface area contributed by atoms with Crippen molar-refractivity contribution in [1.29, 1.82) is 0 Å². The SMILES string of the molecule is C[C@@H](c1ccccc1)n1c(-c2ccccc2)cc(C(F)(F)c2ccccc2)nc1=O. The molecule has 0 aliphatic heterocycles. The molecule has 1 atom stereocenters. The van der Waals surface area contributed by atoms with E-state index in [0.717, 1.165) is 5.56 Å². The van der Waals surface area contributed by atoms with Crippen LogP contribution in [0.4, 0.5) is 8.78 Å². The Labute approximate surface area is 173 Å². The van der Waals surface area contributed by atoms with E-state index in [2.05, 4.69) is 4.98 Å². The van der Waals surface area contributed by atoms with Gasteiger partial charge in [-0.25, -0.2) is 4.79 Å². The Bertz CT molecular complexity index is 1190. The van der Waals surface area contributed by atoms with E-state index in [1.807, 2.05) is 55.5 Å². The summed E-state index contributed by atoms with van der Waals surface area (Å²) in [5, 5.41) is 0. The predicted octanol–water partition coefficient (Wildman–Crippen LogP) is 5.66. The monoisotopic (exact) mass is 402 g/mol. The first kappa shape index (κ1) is 19.7. The van der Waals surface area contributed by atoms with Gasteiger partial charge in [-0.2, -0.15) is 13.8 Å². The third kappa shape index (κ3) is 3.66. The molecule has 1 aromatic heterocycles. The van der Waals surface area contributed by atoms with Crippen LogP contribution in [-0.2, 0) is 5.92 Å². The minimum atomic E-state index is -3.39. The van der Waals surface area contributed by atoms with Crippen LogP contribution in [0.1, 0.15) is 29.8 Å². The van der Waals surface area contributed by atoms with E-state index < -0.39 is 17.3 Å². The van der Waals surface area contributed by atoms with Crippen molar-refractivity contribution in [3.05, 3.63) is 124 Å². The van der Waals surface area contributed by atoms with Gasteiger partial charge in [0.05, 0.1) is 11.7 Å². The van der Waals surface area contributed by atoms with E-state index in [0.29, 0.717) is 11.3 Å². The number of halogens is 2. The summed E-state index contributed by atoms with van der Waals surface area (Å²) < 4.78 is 31.9. The number of rotatable bonds is 5. The molecule has 30 heavy (non-hydrogen) atoms. The van der Waals surface area contributed by atoms with Crippen LogP contribution in [0, 0.1) is 0 Å². The van der Waals surface area contributed by atoms with Gasteiger partial charge in [-0.05, 0) is 24.1 Å². The lowest BCUT2D eigenvalue weighted by Gasteiger charge is -2.23. The van der Waals surface area contributed by atoms with Crippen LogP contribution in [0.2, 0.25) is 0 Å². The molecule has 3 nitrogen and oxygen atoms in total. The topological polar surface area (TPSA) is 34.9 Å². The molecule has 0 N–H and O–H groups in total. The zero-order chi connectivity index (χ0) is 21.1. The van der Waals surface area contributed by atoms with Gasteiger partial charge >= 0.3 is 11.6 Å². The fraction of sp³-hybridized carbons (Fsp3) is 0.120. The summed E-state index contributed by atoms with van der Waals surface area (Å²) in [6.07, 6.45) is 0. The van der Waals surface area contributed by atoms with Gasteiger partial charge < -0.3 is 0 Å². The maximum Gasteiger partial charge on any atom is 0.349 e.